The summed E-state index contributed by atoms with van der Waals surface area (Å²) < 4.78 is 10.4. The zero-order valence-electron chi connectivity index (χ0n) is 15.5. The van der Waals surface area contributed by atoms with Crippen LogP contribution < -0.4 is 0 Å². The van der Waals surface area contributed by atoms with Gasteiger partial charge in [-0.25, -0.2) is 4.79 Å². The predicted octanol–water partition coefficient (Wildman–Crippen LogP) is 3.58. The standard InChI is InChI=1S/C21H26O5/c1-4-25-19(23)15(3)18(16-11-7-6-8-12-16)21(20(24)26-5-2)14-10-9-13-17(21)22/h6-8,11-12,18H,3-5,9-10,13-14H2,1-2H3/t18-,21-/m0/s1. The molecule has 0 aliphatic heterocycles. The van der Waals surface area contributed by atoms with Crippen molar-refractivity contribution in [1.82, 2.24) is 0 Å². The van der Waals surface area contributed by atoms with Crippen molar-refractivity contribution in [2.24, 2.45) is 5.41 Å². The molecule has 0 unspecified atom stereocenters. The number of esters is 2. The zero-order chi connectivity index (χ0) is 19.2. The fraction of sp³-hybridized carbons (Fsp3) is 0.476. The molecule has 1 aliphatic rings. The smallest absolute Gasteiger partial charge is 0.334 e. The average molecular weight is 358 g/mol. The molecule has 26 heavy (non-hydrogen) atoms. The molecule has 5 nitrogen and oxygen atoms in total. The molecule has 2 rings (SSSR count). The van der Waals surface area contributed by atoms with E-state index < -0.39 is 23.3 Å². The molecule has 0 saturated heterocycles. The van der Waals surface area contributed by atoms with E-state index in [9.17, 15) is 14.4 Å². The van der Waals surface area contributed by atoms with E-state index in [1.807, 2.05) is 18.2 Å². The van der Waals surface area contributed by atoms with Crippen molar-refractivity contribution in [1.29, 1.82) is 0 Å². The second-order valence-corrected chi connectivity index (χ2v) is 6.41. The van der Waals surface area contributed by atoms with Gasteiger partial charge in [0.15, 0.2) is 5.78 Å². The molecule has 0 bridgehead atoms. The van der Waals surface area contributed by atoms with E-state index in [0.29, 0.717) is 18.4 Å². The molecule has 0 radical (unpaired) electrons. The first-order valence-corrected chi connectivity index (χ1v) is 9.10. The van der Waals surface area contributed by atoms with E-state index in [-0.39, 0.29) is 31.0 Å². The summed E-state index contributed by atoms with van der Waals surface area (Å²) in [6, 6.07) is 9.07. The van der Waals surface area contributed by atoms with E-state index in [0.717, 1.165) is 6.42 Å². The summed E-state index contributed by atoms with van der Waals surface area (Å²) in [5.74, 6) is -2.16. The summed E-state index contributed by atoms with van der Waals surface area (Å²) in [4.78, 5) is 38.5. The van der Waals surface area contributed by atoms with Gasteiger partial charge in [-0.3, -0.25) is 9.59 Å². The van der Waals surface area contributed by atoms with Crippen molar-refractivity contribution in [2.45, 2.75) is 45.4 Å². The molecule has 1 aromatic carbocycles. The van der Waals surface area contributed by atoms with Crippen LogP contribution in [0, 0.1) is 5.41 Å². The summed E-state index contributed by atoms with van der Waals surface area (Å²) in [6.45, 7) is 7.68. The normalized spacial score (nSPS) is 20.9. The van der Waals surface area contributed by atoms with Gasteiger partial charge in [0, 0.05) is 17.9 Å². The molecule has 1 fully saturated rings. The quantitative estimate of drug-likeness (QED) is 0.423. The van der Waals surface area contributed by atoms with Gasteiger partial charge in [0.25, 0.3) is 0 Å². The van der Waals surface area contributed by atoms with Gasteiger partial charge in [0.05, 0.1) is 13.2 Å². The minimum absolute atomic E-state index is 0.112. The van der Waals surface area contributed by atoms with E-state index in [4.69, 9.17) is 9.47 Å². The Bertz CT molecular complexity index is 679. The van der Waals surface area contributed by atoms with Gasteiger partial charge in [-0.05, 0) is 32.3 Å². The number of hydrogen-bond acceptors (Lipinski definition) is 5. The molecule has 2 atom stereocenters. The second-order valence-electron chi connectivity index (χ2n) is 6.41. The van der Waals surface area contributed by atoms with Crippen LogP contribution in [-0.4, -0.2) is 30.9 Å². The SMILES string of the molecule is C=C(C(=O)OCC)[C@@H](c1ccccc1)[C@]1(C(=O)OCC)CCCCC1=O. The van der Waals surface area contributed by atoms with Crippen LogP contribution >= 0.6 is 0 Å². The highest BCUT2D eigenvalue weighted by Crippen LogP contribution is 2.49. The van der Waals surface area contributed by atoms with Crippen LogP contribution in [-0.2, 0) is 23.9 Å². The number of rotatable bonds is 7. The van der Waals surface area contributed by atoms with Gasteiger partial charge in [-0.2, -0.15) is 0 Å². The Morgan fingerprint density at radius 1 is 1.12 bits per heavy atom. The highest BCUT2D eigenvalue weighted by atomic mass is 16.5. The molecule has 1 aromatic rings. The highest BCUT2D eigenvalue weighted by molar-refractivity contribution is 6.07. The zero-order valence-corrected chi connectivity index (χ0v) is 15.5. The molecular weight excluding hydrogens is 332 g/mol. The van der Waals surface area contributed by atoms with Crippen LogP contribution in [0.3, 0.4) is 0 Å². The number of carbonyl (C=O) groups excluding carboxylic acids is 3. The Morgan fingerprint density at radius 3 is 2.35 bits per heavy atom. The van der Waals surface area contributed by atoms with E-state index in [1.54, 1.807) is 26.0 Å². The van der Waals surface area contributed by atoms with Crippen molar-refractivity contribution in [2.75, 3.05) is 13.2 Å². The number of hydrogen-bond donors (Lipinski definition) is 0. The molecule has 0 spiro atoms. The van der Waals surface area contributed by atoms with Crippen LogP contribution in [0.2, 0.25) is 0 Å². The van der Waals surface area contributed by atoms with Crippen molar-refractivity contribution in [3.05, 3.63) is 48.0 Å². The molecule has 140 valence electrons. The third kappa shape index (κ3) is 3.71. The van der Waals surface area contributed by atoms with Crippen LogP contribution in [0.15, 0.2) is 42.5 Å². The Labute approximate surface area is 154 Å². The van der Waals surface area contributed by atoms with Crippen LogP contribution in [0.25, 0.3) is 0 Å². The summed E-state index contributed by atoms with van der Waals surface area (Å²) in [6.07, 6.45) is 2.07. The van der Waals surface area contributed by atoms with Gasteiger partial charge in [-0.1, -0.05) is 43.3 Å². The Hall–Kier alpha value is -2.43. The Kier molecular flexibility index (Phi) is 6.72. The predicted molar refractivity (Wildman–Crippen MR) is 97.5 cm³/mol. The van der Waals surface area contributed by atoms with Gasteiger partial charge < -0.3 is 9.47 Å². The number of Topliss-reactive ketones (excluding diaryl/α,β-unsaturated/α-hetero) is 1. The molecular formula is C21H26O5. The monoisotopic (exact) mass is 358 g/mol. The molecule has 1 aliphatic carbocycles. The topological polar surface area (TPSA) is 69.7 Å². The van der Waals surface area contributed by atoms with E-state index in [1.165, 1.54) is 0 Å². The van der Waals surface area contributed by atoms with Gasteiger partial charge in [0.1, 0.15) is 5.41 Å². The van der Waals surface area contributed by atoms with Crippen LogP contribution in [0.5, 0.6) is 0 Å². The summed E-state index contributed by atoms with van der Waals surface area (Å²) in [5, 5.41) is 0. The minimum atomic E-state index is -1.43. The fourth-order valence-electron chi connectivity index (χ4n) is 3.72. The molecule has 0 aromatic heterocycles. The Morgan fingerprint density at radius 2 is 1.77 bits per heavy atom. The van der Waals surface area contributed by atoms with Gasteiger partial charge in [0.2, 0.25) is 0 Å². The molecule has 5 heteroatoms. The lowest BCUT2D eigenvalue weighted by molar-refractivity contribution is -0.163. The van der Waals surface area contributed by atoms with Crippen molar-refractivity contribution in [3.8, 4) is 0 Å². The molecule has 1 saturated carbocycles. The lowest BCUT2D eigenvalue weighted by atomic mass is 9.60. The third-order valence-electron chi connectivity index (χ3n) is 4.87. The van der Waals surface area contributed by atoms with Crippen molar-refractivity contribution < 1.29 is 23.9 Å². The first-order chi connectivity index (χ1) is 12.5. The first-order valence-electron chi connectivity index (χ1n) is 9.10. The lowest BCUT2D eigenvalue weighted by Crippen LogP contribution is -2.48. The van der Waals surface area contributed by atoms with E-state index >= 15 is 0 Å². The van der Waals surface area contributed by atoms with Gasteiger partial charge in [-0.15, -0.1) is 0 Å². The van der Waals surface area contributed by atoms with Crippen molar-refractivity contribution >= 4 is 17.7 Å². The maximum atomic E-state index is 13.0. The fourth-order valence-corrected chi connectivity index (χ4v) is 3.72. The molecule has 0 heterocycles. The summed E-state index contributed by atoms with van der Waals surface area (Å²) in [7, 11) is 0. The maximum Gasteiger partial charge on any atom is 0.334 e. The average Bonchev–Trinajstić information content (AvgIpc) is 2.64. The third-order valence-corrected chi connectivity index (χ3v) is 4.87. The van der Waals surface area contributed by atoms with Crippen molar-refractivity contribution in [3.63, 3.8) is 0 Å². The summed E-state index contributed by atoms with van der Waals surface area (Å²) >= 11 is 0. The highest BCUT2D eigenvalue weighted by Gasteiger charge is 2.56. The maximum absolute atomic E-state index is 13.0. The van der Waals surface area contributed by atoms with Gasteiger partial charge >= 0.3 is 11.9 Å². The lowest BCUT2D eigenvalue weighted by Gasteiger charge is -2.40. The number of ketones is 1. The molecule has 0 N–H and O–H groups in total. The number of benzene rings is 1. The Balaban J connectivity index is 2.62. The minimum Gasteiger partial charge on any atom is -0.465 e. The number of carbonyl (C=O) groups is 3. The largest absolute Gasteiger partial charge is 0.465 e. The van der Waals surface area contributed by atoms with Crippen LogP contribution in [0.4, 0.5) is 0 Å². The molecule has 0 amide bonds. The summed E-state index contributed by atoms with van der Waals surface area (Å²) in [5.41, 5.74) is -0.630. The number of ether oxygens (including phenoxy) is 2. The first kappa shape index (κ1) is 19.9. The van der Waals surface area contributed by atoms with Crippen LogP contribution in [0.1, 0.15) is 51.0 Å². The van der Waals surface area contributed by atoms with E-state index in [2.05, 4.69) is 6.58 Å². The second kappa shape index (κ2) is 8.79.